The second-order valence-electron chi connectivity index (χ2n) is 5.99. The molecule has 2 heteroatoms. The number of fused-ring (bicyclic) bond motifs is 1. The summed E-state index contributed by atoms with van der Waals surface area (Å²) in [5.41, 5.74) is 3.16. The summed E-state index contributed by atoms with van der Waals surface area (Å²) >= 11 is 0. The minimum atomic E-state index is 0.202. The van der Waals surface area contributed by atoms with E-state index in [4.69, 9.17) is 5.26 Å². The van der Waals surface area contributed by atoms with Crippen LogP contribution in [0.1, 0.15) is 50.3 Å². The minimum absolute atomic E-state index is 0.202. The minimum Gasteiger partial charge on any atom is -0.309 e. The van der Waals surface area contributed by atoms with Crippen LogP contribution in [0.3, 0.4) is 0 Å². The lowest BCUT2D eigenvalue weighted by molar-refractivity contribution is 0.300. The molecular weight excluding hydrogens is 220 g/mol. The van der Waals surface area contributed by atoms with Gasteiger partial charge in [-0.2, -0.15) is 5.26 Å². The molecule has 1 unspecified atom stereocenters. The van der Waals surface area contributed by atoms with Crippen molar-refractivity contribution in [2.75, 3.05) is 6.54 Å². The second kappa shape index (κ2) is 5.54. The van der Waals surface area contributed by atoms with E-state index in [-0.39, 0.29) is 5.41 Å². The van der Waals surface area contributed by atoms with Gasteiger partial charge < -0.3 is 5.32 Å². The van der Waals surface area contributed by atoms with Gasteiger partial charge in [0.2, 0.25) is 0 Å². The van der Waals surface area contributed by atoms with Crippen molar-refractivity contribution in [1.82, 2.24) is 5.32 Å². The molecule has 1 aromatic rings. The fourth-order valence-corrected chi connectivity index (χ4v) is 2.65. The molecular formula is C16H22N2. The smallest absolute Gasteiger partial charge is 0.0621 e. The maximum Gasteiger partial charge on any atom is 0.0621 e. The summed E-state index contributed by atoms with van der Waals surface area (Å²) in [6.45, 7) is 5.45. The van der Waals surface area contributed by atoms with Crippen molar-refractivity contribution in [2.45, 2.75) is 45.6 Å². The van der Waals surface area contributed by atoms with E-state index in [9.17, 15) is 0 Å². The van der Waals surface area contributed by atoms with Gasteiger partial charge in [-0.3, -0.25) is 0 Å². The number of nitrogens with zero attached hydrogens (tertiary/aromatic N) is 1. The van der Waals surface area contributed by atoms with E-state index in [1.165, 1.54) is 24.0 Å². The van der Waals surface area contributed by atoms with E-state index in [0.717, 1.165) is 13.0 Å². The first-order valence-electron chi connectivity index (χ1n) is 6.80. The average Bonchev–Trinajstić information content (AvgIpc) is 2.78. The molecule has 2 nitrogen and oxygen atoms in total. The fourth-order valence-electron chi connectivity index (χ4n) is 2.65. The molecule has 1 N–H and O–H groups in total. The Balaban J connectivity index is 1.91. The third-order valence-corrected chi connectivity index (χ3v) is 3.87. The number of nitrogens with one attached hydrogen (secondary N) is 1. The molecule has 1 aliphatic carbocycles. The molecule has 0 radical (unpaired) electrons. The van der Waals surface area contributed by atoms with Crippen LogP contribution < -0.4 is 5.32 Å². The number of aryl methyl sites for hydroxylation is 1. The number of hydrogen-bond acceptors (Lipinski definition) is 2. The van der Waals surface area contributed by atoms with Gasteiger partial charge in [0.1, 0.15) is 0 Å². The molecule has 0 heterocycles. The Morgan fingerprint density at radius 3 is 2.94 bits per heavy atom. The lowest BCUT2D eigenvalue weighted by atomic mass is 9.87. The molecule has 1 atom stereocenters. The Morgan fingerprint density at radius 1 is 1.39 bits per heavy atom. The Morgan fingerprint density at radius 2 is 2.17 bits per heavy atom. The maximum atomic E-state index is 8.67. The standard InChI is InChI=1S/C16H22N2/c1-16(2,10-5-11-17)12-18-15-9-8-13-6-3-4-7-14(13)15/h3-4,6-7,15,18H,5,8-10,12H2,1-2H3. The van der Waals surface area contributed by atoms with Gasteiger partial charge in [-0.25, -0.2) is 0 Å². The Hall–Kier alpha value is -1.33. The quantitative estimate of drug-likeness (QED) is 0.856. The number of nitriles is 1. The van der Waals surface area contributed by atoms with Crippen LogP contribution in [0.15, 0.2) is 24.3 Å². The first-order valence-corrected chi connectivity index (χ1v) is 6.80. The lowest BCUT2D eigenvalue weighted by Crippen LogP contribution is -2.31. The van der Waals surface area contributed by atoms with Crippen LogP contribution in [0, 0.1) is 16.7 Å². The summed E-state index contributed by atoms with van der Waals surface area (Å²) in [5.74, 6) is 0. The summed E-state index contributed by atoms with van der Waals surface area (Å²) < 4.78 is 0. The van der Waals surface area contributed by atoms with Gasteiger partial charge in [-0.1, -0.05) is 38.1 Å². The largest absolute Gasteiger partial charge is 0.309 e. The van der Waals surface area contributed by atoms with Gasteiger partial charge in [0.05, 0.1) is 6.07 Å². The highest BCUT2D eigenvalue weighted by Crippen LogP contribution is 2.32. The summed E-state index contributed by atoms with van der Waals surface area (Å²) in [6.07, 6.45) is 4.00. The lowest BCUT2D eigenvalue weighted by Gasteiger charge is -2.26. The zero-order valence-electron chi connectivity index (χ0n) is 11.4. The maximum absolute atomic E-state index is 8.67. The van der Waals surface area contributed by atoms with Crippen LogP contribution in [-0.2, 0) is 6.42 Å². The van der Waals surface area contributed by atoms with Crippen LogP contribution in [0.2, 0.25) is 0 Å². The van der Waals surface area contributed by atoms with Crippen LogP contribution in [0.25, 0.3) is 0 Å². The van der Waals surface area contributed by atoms with Crippen molar-refractivity contribution in [2.24, 2.45) is 5.41 Å². The van der Waals surface area contributed by atoms with E-state index < -0.39 is 0 Å². The molecule has 1 aromatic carbocycles. The molecule has 1 aliphatic rings. The Kier molecular flexibility index (Phi) is 4.04. The van der Waals surface area contributed by atoms with Crippen molar-refractivity contribution in [3.8, 4) is 6.07 Å². The van der Waals surface area contributed by atoms with E-state index >= 15 is 0 Å². The molecule has 0 spiro atoms. The summed E-state index contributed by atoms with van der Waals surface area (Å²) in [7, 11) is 0. The van der Waals surface area contributed by atoms with Crippen molar-refractivity contribution in [1.29, 1.82) is 5.26 Å². The second-order valence-corrected chi connectivity index (χ2v) is 5.99. The highest BCUT2D eigenvalue weighted by Gasteiger charge is 2.24. The van der Waals surface area contributed by atoms with Gasteiger partial charge in [0.25, 0.3) is 0 Å². The zero-order chi connectivity index (χ0) is 13.0. The number of hydrogen-bond donors (Lipinski definition) is 1. The number of benzene rings is 1. The SMILES string of the molecule is CC(C)(CCC#N)CNC1CCc2ccccc21. The van der Waals surface area contributed by atoms with Crippen molar-refractivity contribution >= 4 is 0 Å². The molecule has 0 fully saturated rings. The molecule has 96 valence electrons. The molecule has 0 aliphatic heterocycles. The topological polar surface area (TPSA) is 35.8 Å². The van der Waals surface area contributed by atoms with Gasteiger partial charge >= 0.3 is 0 Å². The van der Waals surface area contributed by atoms with E-state index in [2.05, 4.69) is 49.5 Å². The molecule has 0 aromatic heterocycles. The number of rotatable bonds is 5. The summed E-state index contributed by atoms with van der Waals surface area (Å²) in [5, 5.41) is 12.3. The van der Waals surface area contributed by atoms with Gasteiger partial charge in [-0.05, 0) is 35.8 Å². The van der Waals surface area contributed by atoms with Crippen LogP contribution in [0.5, 0.6) is 0 Å². The van der Waals surface area contributed by atoms with Crippen LogP contribution in [0.4, 0.5) is 0 Å². The normalized spacial score (nSPS) is 18.4. The highest BCUT2D eigenvalue weighted by molar-refractivity contribution is 5.34. The Labute approximate surface area is 110 Å². The molecule has 2 rings (SSSR count). The highest BCUT2D eigenvalue weighted by atomic mass is 14.9. The average molecular weight is 242 g/mol. The molecule has 0 amide bonds. The fraction of sp³-hybridized carbons (Fsp3) is 0.562. The molecule has 0 saturated heterocycles. The Bertz CT molecular complexity index is 443. The monoisotopic (exact) mass is 242 g/mol. The van der Waals surface area contributed by atoms with Crippen molar-refractivity contribution in [3.05, 3.63) is 35.4 Å². The van der Waals surface area contributed by atoms with Gasteiger partial charge in [0.15, 0.2) is 0 Å². The molecule has 0 saturated carbocycles. The van der Waals surface area contributed by atoms with Gasteiger partial charge in [0, 0.05) is 19.0 Å². The van der Waals surface area contributed by atoms with E-state index in [1.54, 1.807) is 0 Å². The summed E-state index contributed by atoms with van der Waals surface area (Å²) in [4.78, 5) is 0. The third kappa shape index (κ3) is 3.11. The first-order chi connectivity index (χ1) is 8.62. The predicted octanol–water partition coefficient (Wildman–Crippen LogP) is 3.59. The van der Waals surface area contributed by atoms with Crippen LogP contribution in [-0.4, -0.2) is 6.54 Å². The summed E-state index contributed by atoms with van der Waals surface area (Å²) in [6, 6.07) is 11.5. The van der Waals surface area contributed by atoms with Crippen molar-refractivity contribution < 1.29 is 0 Å². The van der Waals surface area contributed by atoms with Crippen LogP contribution >= 0.6 is 0 Å². The predicted molar refractivity (Wildman–Crippen MR) is 74.1 cm³/mol. The van der Waals surface area contributed by atoms with Crippen molar-refractivity contribution in [3.63, 3.8) is 0 Å². The zero-order valence-corrected chi connectivity index (χ0v) is 11.4. The van der Waals surface area contributed by atoms with E-state index in [1.807, 2.05) is 0 Å². The van der Waals surface area contributed by atoms with E-state index in [0.29, 0.717) is 12.5 Å². The molecule has 0 bridgehead atoms. The molecule has 18 heavy (non-hydrogen) atoms. The third-order valence-electron chi connectivity index (χ3n) is 3.87. The van der Waals surface area contributed by atoms with Gasteiger partial charge in [-0.15, -0.1) is 0 Å². The first kappa shape index (κ1) is 13.1.